The van der Waals surface area contributed by atoms with E-state index >= 15 is 0 Å². The van der Waals surface area contributed by atoms with E-state index in [4.69, 9.17) is 0 Å². The van der Waals surface area contributed by atoms with Crippen molar-refractivity contribution in [3.05, 3.63) is 22.4 Å². The van der Waals surface area contributed by atoms with E-state index in [0.29, 0.717) is 37.5 Å². The number of unbranched alkanes of at least 4 members (excludes halogenated alkanes) is 1. The van der Waals surface area contributed by atoms with E-state index in [1.165, 1.54) is 20.5 Å². The van der Waals surface area contributed by atoms with E-state index in [1.54, 1.807) is 23.1 Å². The van der Waals surface area contributed by atoms with Crippen molar-refractivity contribution in [3.63, 3.8) is 0 Å². The molecule has 3 heterocycles. The fourth-order valence-electron chi connectivity index (χ4n) is 2.91. The molecule has 1 aliphatic rings. The van der Waals surface area contributed by atoms with Gasteiger partial charge in [0.1, 0.15) is 0 Å². The van der Waals surface area contributed by atoms with E-state index in [1.807, 2.05) is 18.4 Å². The van der Waals surface area contributed by atoms with Gasteiger partial charge in [-0.25, -0.2) is 12.7 Å². The monoisotopic (exact) mass is 460 g/mol. The van der Waals surface area contributed by atoms with Crippen molar-refractivity contribution < 1.29 is 13.2 Å². The average molecular weight is 461 g/mol. The zero-order valence-electron chi connectivity index (χ0n) is 15.7. The molecule has 154 valence electrons. The maximum absolute atomic E-state index is 12.5. The summed E-state index contributed by atoms with van der Waals surface area (Å²) in [7, 11) is -3.20. The molecular formula is C17H24N4O3S4. The molecule has 1 amide bonds. The number of rotatable bonds is 9. The zero-order chi connectivity index (χ0) is 20.0. The van der Waals surface area contributed by atoms with Crippen molar-refractivity contribution in [2.45, 2.75) is 42.7 Å². The van der Waals surface area contributed by atoms with Gasteiger partial charge in [0.2, 0.25) is 21.1 Å². The molecule has 0 bridgehead atoms. The molecule has 1 N–H and O–H groups in total. The number of piperidine rings is 1. The minimum atomic E-state index is -3.20. The minimum absolute atomic E-state index is 0.100. The molecule has 0 saturated carbocycles. The van der Waals surface area contributed by atoms with Crippen molar-refractivity contribution in [1.82, 2.24) is 14.5 Å². The molecule has 0 aliphatic carbocycles. The Bertz CT molecular complexity index is 859. The van der Waals surface area contributed by atoms with Crippen LogP contribution in [0.25, 0.3) is 0 Å². The highest BCUT2D eigenvalue weighted by molar-refractivity contribution is 8.00. The maximum atomic E-state index is 12.5. The Kier molecular flexibility index (Phi) is 7.86. The Morgan fingerprint density at radius 3 is 2.82 bits per heavy atom. The summed E-state index contributed by atoms with van der Waals surface area (Å²) in [5.74, 6) is 0.739. The molecule has 1 fully saturated rings. The number of nitrogens with zero attached hydrogens (tertiary/aromatic N) is 3. The highest BCUT2D eigenvalue weighted by Gasteiger charge is 2.31. The van der Waals surface area contributed by atoms with Crippen molar-refractivity contribution in [2.75, 3.05) is 24.2 Å². The lowest BCUT2D eigenvalue weighted by molar-refractivity contribution is -0.120. The summed E-state index contributed by atoms with van der Waals surface area (Å²) < 4.78 is 26.9. The van der Waals surface area contributed by atoms with Crippen LogP contribution in [-0.4, -0.2) is 47.7 Å². The minimum Gasteiger partial charge on any atom is -0.300 e. The third-order valence-corrected chi connectivity index (χ3v) is 9.57. The number of carbonyl (C=O) groups is 1. The van der Waals surface area contributed by atoms with E-state index in [9.17, 15) is 13.2 Å². The largest absolute Gasteiger partial charge is 0.300 e. The molecule has 0 unspecified atom stereocenters. The SMILES string of the molecule is CCCCS(=O)(=O)N1CCC(C(=O)Nc2nnc(SCc3cccs3)s2)CC1. The normalized spacial score (nSPS) is 16.3. The van der Waals surface area contributed by atoms with Crippen LogP contribution in [0.15, 0.2) is 21.9 Å². The first kappa shape index (κ1) is 21.7. The molecular weight excluding hydrogens is 436 g/mol. The number of amides is 1. The highest BCUT2D eigenvalue weighted by atomic mass is 32.2. The second-order valence-corrected chi connectivity index (χ2v) is 11.9. The summed E-state index contributed by atoms with van der Waals surface area (Å²) in [4.78, 5) is 13.8. The fourth-order valence-corrected chi connectivity index (χ4v) is 7.11. The Morgan fingerprint density at radius 1 is 1.36 bits per heavy atom. The molecule has 7 nitrogen and oxygen atoms in total. The van der Waals surface area contributed by atoms with Crippen molar-refractivity contribution in [1.29, 1.82) is 0 Å². The van der Waals surface area contributed by atoms with Gasteiger partial charge < -0.3 is 5.32 Å². The molecule has 0 aromatic carbocycles. The van der Waals surface area contributed by atoms with Crippen LogP contribution < -0.4 is 5.32 Å². The predicted molar refractivity (Wildman–Crippen MR) is 115 cm³/mol. The van der Waals surface area contributed by atoms with Crippen LogP contribution in [0, 0.1) is 5.92 Å². The lowest BCUT2D eigenvalue weighted by atomic mass is 9.97. The summed E-state index contributed by atoms with van der Waals surface area (Å²) >= 11 is 4.67. The van der Waals surface area contributed by atoms with Gasteiger partial charge in [-0.15, -0.1) is 21.5 Å². The van der Waals surface area contributed by atoms with E-state index < -0.39 is 10.0 Å². The Balaban J connectivity index is 1.45. The van der Waals surface area contributed by atoms with Gasteiger partial charge in [-0.2, -0.15) is 0 Å². The summed E-state index contributed by atoms with van der Waals surface area (Å²) in [5, 5.41) is 13.6. The highest BCUT2D eigenvalue weighted by Crippen LogP contribution is 2.30. The van der Waals surface area contributed by atoms with Gasteiger partial charge in [0.05, 0.1) is 5.75 Å². The summed E-state index contributed by atoms with van der Waals surface area (Å²) in [5.41, 5.74) is 0. The van der Waals surface area contributed by atoms with Gasteiger partial charge in [0.25, 0.3) is 0 Å². The number of thioether (sulfide) groups is 1. The first-order chi connectivity index (χ1) is 13.5. The lowest BCUT2D eigenvalue weighted by Crippen LogP contribution is -2.42. The smallest absolute Gasteiger partial charge is 0.229 e. The summed E-state index contributed by atoms with van der Waals surface area (Å²) in [6.45, 7) is 2.79. The van der Waals surface area contributed by atoms with Gasteiger partial charge in [-0.3, -0.25) is 4.79 Å². The van der Waals surface area contributed by atoms with Gasteiger partial charge >= 0.3 is 0 Å². The topological polar surface area (TPSA) is 92.3 Å². The maximum Gasteiger partial charge on any atom is 0.229 e. The number of anilines is 1. The van der Waals surface area contributed by atoms with Gasteiger partial charge in [-0.05, 0) is 30.7 Å². The van der Waals surface area contributed by atoms with E-state index in [2.05, 4.69) is 21.6 Å². The number of hydrogen-bond acceptors (Lipinski definition) is 8. The van der Waals surface area contributed by atoms with Crippen LogP contribution in [0.5, 0.6) is 0 Å². The summed E-state index contributed by atoms with van der Waals surface area (Å²) in [6, 6.07) is 4.10. The van der Waals surface area contributed by atoms with Gasteiger partial charge in [0.15, 0.2) is 4.34 Å². The first-order valence-electron chi connectivity index (χ1n) is 9.25. The molecule has 2 aromatic rings. The van der Waals surface area contributed by atoms with Crippen LogP contribution >= 0.6 is 34.4 Å². The van der Waals surface area contributed by atoms with Crippen LogP contribution in [0.4, 0.5) is 5.13 Å². The molecule has 11 heteroatoms. The van der Waals surface area contributed by atoms with Crippen molar-refractivity contribution >= 4 is 55.5 Å². The number of sulfonamides is 1. The fraction of sp³-hybridized carbons (Fsp3) is 0.588. The Morgan fingerprint density at radius 2 is 2.14 bits per heavy atom. The van der Waals surface area contributed by atoms with Crippen LogP contribution in [0.1, 0.15) is 37.5 Å². The van der Waals surface area contributed by atoms with Gasteiger partial charge in [-0.1, -0.05) is 42.5 Å². The molecule has 1 aliphatic heterocycles. The second-order valence-electron chi connectivity index (χ2n) is 6.57. The predicted octanol–water partition coefficient (Wildman–Crippen LogP) is 3.67. The molecule has 0 spiro atoms. The average Bonchev–Trinajstić information content (AvgIpc) is 3.37. The quantitative estimate of drug-likeness (QED) is 0.453. The van der Waals surface area contributed by atoms with Crippen LogP contribution in [-0.2, 0) is 20.6 Å². The van der Waals surface area contributed by atoms with E-state index in [-0.39, 0.29) is 17.6 Å². The third-order valence-electron chi connectivity index (χ3n) is 4.53. The lowest BCUT2D eigenvalue weighted by Gasteiger charge is -2.30. The second kappa shape index (κ2) is 10.1. The van der Waals surface area contributed by atoms with Crippen molar-refractivity contribution in [3.8, 4) is 0 Å². The molecule has 0 radical (unpaired) electrons. The molecule has 3 rings (SSSR count). The van der Waals surface area contributed by atoms with Crippen LogP contribution in [0.2, 0.25) is 0 Å². The van der Waals surface area contributed by atoms with Crippen LogP contribution in [0.3, 0.4) is 0 Å². The zero-order valence-corrected chi connectivity index (χ0v) is 18.9. The molecule has 28 heavy (non-hydrogen) atoms. The summed E-state index contributed by atoms with van der Waals surface area (Å²) in [6.07, 6.45) is 2.60. The number of hydrogen-bond donors (Lipinski definition) is 1. The number of aromatic nitrogens is 2. The van der Waals surface area contributed by atoms with E-state index in [0.717, 1.165) is 16.5 Å². The first-order valence-corrected chi connectivity index (χ1v) is 13.5. The molecule has 2 aromatic heterocycles. The van der Waals surface area contributed by atoms with Crippen molar-refractivity contribution in [2.24, 2.45) is 5.92 Å². The number of thiophene rings is 1. The number of carbonyl (C=O) groups excluding carboxylic acids is 1. The van der Waals surface area contributed by atoms with Gasteiger partial charge in [0, 0.05) is 29.6 Å². The third kappa shape index (κ3) is 5.99. The molecule has 0 atom stereocenters. The Hall–Kier alpha value is -1.01. The Labute approximate surface area is 178 Å². The molecule has 1 saturated heterocycles. The number of nitrogens with one attached hydrogen (secondary N) is 1. The standard InChI is InChI=1S/C17H24N4O3S4/c1-2-3-11-28(23,24)21-8-6-13(7-9-21)15(22)18-16-19-20-17(27-16)26-12-14-5-4-10-25-14/h4-5,10,13H,2-3,6-9,11-12H2,1H3,(H,18,19,22).